The van der Waals surface area contributed by atoms with Crippen LogP contribution >= 0.6 is 11.3 Å². The third-order valence-electron chi connectivity index (χ3n) is 4.89. The van der Waals surface area contributed by atoms with Gasteiger partial charge in [0.2, 0.25) is 5.13 Å². The van der Waals surface area contributed by atoms with Crippen LogP contribution in [0.3, 0.4) is 0 Å². The van der Waals surface area contributed by atoms with Crippen molar-refractivity contribution in [2.45, 2.75) is 50.9 Å². The van der Waals surface area contributed by atoms with Crippen LogP contribution in [0.1, 0.15) is 55.9 Å². The van der Waals surface area contributed by atoms with Crippen molar-refractivity contribution in [3.63, 3.8) is 0 Å². The molecule has 6 nitrogen and oxygen atoms in total. The maximum absolute atomic E-state index is 12.7. The molecule has 0 saturated heterocycles. The second kappa shape index (κ2) is 8.25. The Morgan fingerprint density at radius 2 is 1.88 bits per heavy atom. The van der Waals surface area contributed by atoms with Crippen LogP contribution < -0.4 is 5.32 Å². The van der Waals surface area contributed by atoms with Crippen LogP contribution in [0.5, 0.6) is 0 Å². The predicted molar refractivity (Wildman–Crippen MR) is 97.6 cm³/mol. The Labute approximate surface area is 148 Å². The number of hydrogen-bond donors (Lipinski definition) is 1. The van der Waals surface area contributed by atoms with Crippen LogP contribution in [0.4, 0.5) is 9.93 Å². The molecule has 0 spiro atoms. The molecule has 2 saturated carbocycles. The van der Waals surface area contributed by atoms with Crippen LogP contribution in [-0.2, 0) is 0 Å². The second-order valence-electron chi connectivity index (χ2n) is 7.40. The highest BCUT2D eigenvalue weighted by Crippen LogP contribution is 2.42. The van der Waals surface area contributed by atoms with Gasteiger partial charge in [-0.15, -0.1) is 10.2 Å². The molecule has 1 heterocycles. The lowest BCUT2D eigenvalue weighted by atomic mass is 9.89. The van der Waals surface area contributed by atoms with E-state index >= 15 is 0 Å². The lowest BCUT2D eigenvalue weighted by molar-refractivity contribution is 0.183. The summed E-state index contributed by atoms with van der Waals surface area (Å²) >= 11 is 1.53. The fourth-order valence-corrected chi connectivity index (χ4v) is 4.13. The molecule has 0 aromatic carbocycles. The van der Waals surface area contributed by atoms with Gasteiger partial charge in [0.1, 0.15) is 5.01 Å². The van der Waals surface area contributed by atoms with Crippen LogP contribution in [0.25, 0.3) is 0 Å². The van der Waals surface area contributed by atoms with E-state index in [1.54, 1.807) is 0 Å². The van der Waals surface area contributed by atoms with Gasteiger partial charge in [0.25, 0.3) is 0 Å². The maximum atomic E-state index is 12.7. The number of anilines is 1. The summed E-state index contributed by atoms with van der Waals surface area (Å²) in [6, 6.07) is -0.0269. The summed E-state index contributed by atoms with van der Waals surface area (Å²) in [6.07, 6.45) is 8.85. The standard InChI is InChI=1S/C17H29N5OS/c1-21(2)10-11-22(12-13-6-4-3-5-7-13)17(23)18-16-20-19-15(24-16)14-8-9-14/h13-14H,3-12H2,1-2H3,(H,18,20,23). The first-order chi connectivity index (χ1) is 11.6. The lowest BCUT2D eigenvalue weighted by Crippen LogP contribution is -2.42. The van der Waals surface area contributed by atoms with E-state index in [2.05, 4.69) is 20.4 Å². The number of aromatic nitrogens is 2. The number of likely N-dealkylation sites (N-methyl/N-ethyl adjacent to an activating group) is 1. The van der Waals surface area contributed by atoms with E-state index in [-0.39, 0.29) is 6.03 Å². The molecule has 134 valence electrons. The van der Waals surface area contributed by atoms with Crippen LogP contribution in [0, 0.1) is 5.92 Å². The third kappa shape index (κ3) is 5.14. The topological polar surface area (TPSA) is 61.4 Å². The second-order valence-corrected chi connectivity index (χ2v) is 8.41. The number of carbonyl (C=O) groups is 1. The number of urea groups is 1. The molecule has 0 atom stereocenters. The minimum absolute atomic E-state index is 0.0269. The summed E-state index contributed by atoms with van der Waals surface area (Å²) in [5, 5.41) is 13.0. The fourth-order valence-electron chi connectivity index (χ4n) is 3.23. The van der Waals surface area contributed by atoms with Gasteiger partial charge in [-0.2, -0.15) is 0 Å². The molecule has 0 bridgehead atoms. The number of rotatable bonds is 7. The van der Waals surface area contributed by atoms with E-state index in [0.717, 1.165) is 24.6 Å². The largest absolute Gasteiger partial charge is 0.323 e. The minimum atomic E-state index is -0.0269. The first kappa shape index (κ1) is 17.6. The first-order valence-electron chi connectivity index (χ1n) is 9.16. The molecule has 2 aliphatic rings. The summed E-state index contributed by atoms with van der Waals surface area (Å²) in [4.78, 5) is 16.8. The van der Waals surface area contributed by atoms with E-state index in [0.29, 0.717) is 17.0 Å². The van der Waals surface area contributed by atoms with Crippen LogP contribution in [0.2, 0.25) is 0 Å². The summed E-state index contributed by atoms with van der Waals surface area (Å²) < 4.78 is 0. The number of amides is 2. The van der Waals surface area contributed by atoms with E-state index < -0.39 is 0 Å². The normalized spacial score (nSPS) is 18.8. The van der Waals surface area contributed by atoms with E-state index in [1.165, 1.54) is 56.3 Å². The monoisotopic (exact) mass is 351 g/mol. The van der Waals surface area contributed by atoms with Gasteiger partial charge in [-0.05, 0) is 45.7 Å². The summed E-state index contributed by atoms with van der Waals surface area (Å²) in [7, 11) is 4.09. The molecule has 0 unspecified atom stereocenters. The molecular weight excluding hydrogens is 322 g/mol. The zero-order chi connectivity index (χ0) is 16.9. The van der Waals surface area contributed by atoms with Gasteiger partial charge in [-0.1, -0.05) is 30.6 Å². The van der Waals surface area contributed by atoms with Gasteiger partial charge in [0.05, 0.1) is 0 Å². The zero-order valence-corrected chi connectivity index (χ0v) is 15.6. The quantitative estimate of drug-likeness (QED) is 0.818. The van der Waals surface area contributed by atoms with Crippen molar-refractivity contribution in [1.29, 1.82) is 0 Å². The number of nitrogens with zero attached hydrogens (tertiary/aromatic N) is 4. The van der Waals surface area contributed by atoms with Gasteiger partial charge in [0.15, 0.2) is 0 Å². The summed E-state index contributed by atoms with van der Waals surface area (Å²) in [5.41, 5.74) is 0. The van der Waals surface area contributed by atoms with Crippen molar-refractivity contribution < 1.29 is 4.79 Å². The van der Waals surface area contributed by atoms with Gasteiger partial charge >= 0.3 is 6.03 Å². The van der Waals surface area contributed by atoms with Crippen molar-refractivity contribution >= 4 is 22.5 Å². The first-order valence-corrected chi connectivity index (χ1v) is 9.97. The number of hydrogen-bond acceptors (Lipinski definition) is 5. The molecule has 7 heteroatoms. The molecule has 0 radical (unpaired) electrons. The SMILES string of the molecule is CN(C)CCN(CC1CCCCC1)C(=O)Nc1nnc(C2CC2)s1. The predicted octanol–water partition coefficient (Wildman–Crippen LogP) is 3.39. The molecule has 0 aliphatic heterocycles. The highest BCUT2D eigenvalue weighted by atomic mass is 32.1. The van der Waals surface area contributed by atoms with Gasteiger partial charge in [-0.3, -0.25) is 5.32 Å². The molecule has 24 heavy (non-hydrogen) atoms. The average molecular weight is 352 g/mol. The van der Waals surface area contributed by atoms with Crippen molar-refractivity contribution in [2.75, 3.05) is 39.0 Å². The van der Waals surface area contributed by atoms with Gasteiger partial charge in [0, 0.05) is 25.6 Å². The Kier molecular flexibility index (Phi) is 6.05. The van der Waals surface area contributed by atoms with Gasteiger partial charge in [-0.25, -0.2) is 4.79 Å². The molecular formula is C17H29N5OS. The van der Waals surface area contributed by atoms with Gasteiger partial charge < -0.3 is 9.80 Å². The highest BCUT2D eigenvalue weighted by molar-refractivity contribution is 7.15. The summed E-state index contributed by atoms with van der Waals surface area (Å²) in [6.45, 7) is 2.49. The molecule has 1 aromatic rings. The van der Waals surface area contributed by atoms with Crippen molar-refractivity contribution in [3.05, 3.63) is 5.01 Å². The molecule has 2 aliphatic carbocycles. The number of nitrogens with one attached hydrogen (secondary N) is 1. The van der Waals surface area contributed by atoms with E-state index in [1.807, 2.05) is 19.0 Å². The Morgan fingerprint density at radius 3 is 2.54 bits per heavy atom. The molecule has 1 aromatic heterocycles. The minimum Gasteiger partial charge on any atom is -0.323 e. The number of carbonyl (C=O) groups excluding carboxylic acids is 1. The Bertz CT molecular complexity index is 537. The average Bonchev–Trinajstić information content (AvgIpc) is 3.32. The lowest BCUT2D eigenvalue weighted by Gasteiger charge is -2.30. The van der Waals surface area contributed by atoms with Crippen LogP contribution in [-0.4, -0.2) is 59.8 Å². The Morgan fingerprint density at radius 1 is 1.12 bits per heavy atom. The van der Waals surface area contributed by atoms with Crippen molar-refractivity contribution in [2.24, 2.45) is 5.92 Å². The van der Waals surface area contributed by atoms with E-state index in [9.17, 15) is 4.79 Å². The van der Waals surface area contributed by atoms with Crippen molar-refractivity contribution in [3.8, 4) is 0 Å². The maximum Gasteiger partial charge on any atom is 0.323 e. The van der Waals surface area contributed by atoms with Crippen molar-refractivity contribution in [1.82, 2.24) is 20.0 Å². The smallest absolute Gasteiger partial charge is 0.323 e. The molecule has 1 N–H and O–H groups in total. The Hall–Kier alpha value is -1.21. The Balaban J connectivity index is 1.57. The van der Waals surface area contributed by atoms with E-state index in [4.69, 9.17) is 0 Å². The molecule has 3 rings (SSSR count). The molecule has 2 amide bonds. The highest BCUT2D eigenvalue weighted by Gasteiger charge is 2.28. The molecule has 2 fully saturated rings. The summed E-state index contributed by atoms with van der Waals surface area (Å²) in [5.74, 6) is 1.23. The zero-order valence-electron chi connectivity index (χ0n) is 14.8. The third-order valence-corrected chi connectivity index (χ3v) is 5.89. The fraction of sp³-hybridized carbons (Fsp3) is 0.824. The van der Waals surface area contributed by atoms with Crippen LogP contribution in [0.15, 0.2) is 0 Å².